The number of methoxy groups -OCH3 is 2. The summed E-state index contributed by atoms with van der Waals surface area (Å²) in [5.41, 5.74) is 0.427. The average Bonchev–Trinajstić information content (AvgIpc) is 3.27. The number of aliphatic carboxylic acids is 1. The first kappa shape index (κ1) is 27.4. The van der Waals surface area contributed by atoms with Gasteiger partial charge in [-0.05, 0) is 30.5 Å². The monoisotopic (exact) mass is 574 g/mol. The van der Waals surface area contributed by atoms with Crippen LogP contribution in [0.25, 0.3) is 0 Å². The third kappa shape index (κ3) is 4.49. The molecule has 2 aromatic rings. The number of aliphatic hydroxyl groups is 3. The number of hydrogen-bond donors (Lipinski definition) is 4. The molecule has 2 aromatic carbocycles. The molecule has 0 saturated carbocycles. The number of carboxylic acids is 1. The number of benzene rings is 2. The molecule has 13 nitrogen and oxygen atoms in total. The minimum atomic E-state index is -1.99. The summed E-state index contributed by atoms with van der Waals surface area (Å²) in [5.74, 6) is -0.00542. The van der Waals surface area contributed by atoms with E-state index in [4.69, 9.17) is 38.3 Å². The first-order valence-corrected chi connectivity index (χ1v) is 13.1. The van der Waals surface area contributed by atoms with E-state index >= 15 is 0 Å². The highest BCUT2D eigenvalue weighted by molar-refractivity contribution is 5.90. The second-order valence-electron chi connectivity index (χ2n) is 10.5. The van der Waals surface area contributed by atoms with E-state index in [1.54, 1.807) is 20.3 Å². The van der Waals surface area contributed by atoms with E-state index < -0.39 is 55.2 Å². The molecule has 4 aliphatic heterocycles. The molecule has 0 radical (unpaired) electrons. The van der Waals surface area contributed by atoms with Crippen molar-refractivity contribution in [3.05, 3.63) is 41.0 Å². The second-order valence-corrected chi connectivity index (χ2v) is 10.5. The lowest BCUT2D eigenvalue weighted by Gasteiger charge is -2.46. The predicted molar refractivity (Wildman–Crippen MR) is 135 cm³/mol. The van der Waals surface area contributed by atoms with Crippen LogP contribution in [0.1, 0.15) is 41.6 Å². The smallest absolute Gasteiger partial charge is 0.317 e. The molecule has 4 heterocycles. The van der Waals surface area contributed by atoms with Gasteiger partial charge < -0.3 is 53.6 Å². The first-order valence-electron chi connectivity index (χ1n) is 13.1. The highest BCUT2D eigenvalue weighted by atomic mass is 16.7. The maximum Gasteiger partial charge on any atom is 0.317 e. The van der Waals surface area contributed by atoms with Gasteiger partial charge in [-0.25, -0.2) is 0 Å². The zero-order valence-corrected chi connectivity index (χ0v) is 22.3. The van der Waals surface area contributed by atoms with Crippen LogP contribution in [-0.4, -0.2) is 90.0 Å². The van der Waals surface area contributed by atoms with E-state index in [2.05, 4.69) is 0 Å². The summed E-state index contributed by atoms with van der Waals surface area (Å²) in [6.45, 7) is -0.215. The lowest BCUT2D eigenvalue weighted by atomic mass is 9.82. The van der Waals surface area contributed by atoms with Gasteiger partial charge in [0.15, 0.2) is 17.1 Å². The van der Waals surface area contributed by atoms with E-state index in [0.717, 1.165) is 11.1 Å². The predicted octanol–water partition coefficient (Wildman–Crippen LogP) is 0.834. The van der Waals surface area contributed by atoms with Gasteiger partial charge in [0, 0.05) is 17.2 Å². The van der Waals surface area contributed by atoms with Gasteiger partial charge in [-0.15, -0.1) is 0 Å². The largest absolute Gasteiger partial charge is 0.493 e. The van der Waals surface area contributed by atoms with Crippen molar-refractivity contribution in [1.29, 1.82) is 0 Å². The maximum absolute atomic E-state index is 11.7. The molecule has 0 aliphatic carbocycles. The number of rotatable bonds is 6. The summed E-state index contributed by atoms with van der Waals surface area (Å²) in [7, 11) is 3.10. The van der Waals surface area contributed by atoms with Gasteiger partial charge in [0.2, 0.25) is 12.0 Å². The van der Waals surface area contributed by atoms with E-state index in [9.17, 15) is 24.9 Å². The molecule has 0 bridgehead atoms. The maximum atomic E-state index is 11.7. The zero-order valence-electron chi connectivity index (χ0n) is 22.3. The van der Waals surface area contributed by atoms with Crippen LogP contribution in [0.15, 0.2) is 24.3 Å². The molecule has 6 rings (SSSR count). The number of carboxylic acid groups (broad SMARTS) is 1. The fourth-order valence-electron chi connectivity index (χ4n) is 5.94. The van der Waals surface area contributed by atoms with Crippen LogP contribution in [0, 0.1) is 0 Å². The number of hydrogen-bond acceptors (Lipinski definition) is 12. The fraction of sp³-hybridized carbons (Fsp3) is 0.500. The van der Waals surface area contributed by atoms with Gasteiger partial charge in [-0.3, -0.25) is 9.59 Å². The lowest BCUT2D eigenvalue weighted by molar-refractivity contribution is -0.320. The third-order valence-electron chi connectivity index (χ3n) is 8.11. The van der Waals surface area contributed by atoms with Crippen molar-refractivity contribution >= 4 is 11.9 Å². The van der Waals surface area contributed by atoms with Crippen LogP contribution < -0.4 is 23.7 Å². The number of ether oxygens (including phenoxy) is 7. The quantitative estimate of drug-likeness (QED) is 0.282. The van der Waals surface area contributed by atoms with Gasteiger partial charge in [-0.2, -0.15) is 0 Å². The number of carbonyl (C=O) groups excluding carboxylic acids is 1. The van der Waals surface area contributed by atoms with Gasteiger partial charge in [0.05, 0.1) is 26.7 Å². The van der Waals surface area contributed by atoms with Crippen molar-refractivity contribution in [2.75, 3.05) is 27.4 Å². The molecule has 41 heavy (non-hydrogen) atoms. The van der Waals surface area contributed by atoms with Crippen LogP contribution in [0.4, 0.5) is 0 Å². The number of esters is 1. The molecule has 13 heteroatoms. The summed E-state index contributed by atoms with van der Waals surface area (Å²) in [5, 5.41) is 41.7. The molecule has 0 unspecified atom stereocenters. The molecule has 0 amide bonds. The molecular formula is C28H30O13. The number of aryl methyl sites for hydroxylation is 1. The zero-order chi connectivity index (χ0) is 29.1. The van der Waals surface area contributed by atoms with Crippen molar-refractivity contribution in [1.82, 2.24) is 0 Å². The Kier molecular flexibility index (Phi) is 6.85. The van der Waals surface area contributed by atoms with Crippen LogP contribution in [0.3, 0.4) is 0 Å². The van der Waals surface area contributed by atoms with Crippen molar-refractivity contribution in [3.63, 3.8) is 0 Å². The highest BCUT2D eigenvalue weighted by Gasteiger charge is 2.57. The Labute approximate surface area is 234 Å². The van der Waals surface area contributed by atoms with Crippen LogP contribution >= 0.6 is 0 Å². The standard InChI is InChI=1S/C28H30O13/c1-35-16-4-3-13-15-10-37-18-8-17-12(7-14(18)23(15)41-24(13)25(16)36-2)5-6-28(34)26(33)22(32)19(40-27(28)39-17)11-38-21(31)9-20(29)30/h3-4,7-8,15,19,22-23,26-27,32-34H,5-6,9-11H2,1-2H3,(H,29,30)/t15-,19+,22+,23-,26-,27+,28+/m0/s1. The highest BCUT2D eigenvalue weighted by Crippen LogP contribution is 2.57. The molecule has 4 N–H and O–H groups in total. The van der Waals surface area contributed by atoms with Crippen LogP contribution in [0.2, 0.25) is 0 Å². The van der Waals surface area contributed by atoms with E-state index in [-0.39, 0.29) is 24.9 Å². The van der Waals surface area contributed by atoms with Crippen molar-refractivity contribution in [2.24, 2.45) is 0 Å². The molecule has 1 saturated heterocycles. The van der Waals surface area contributed by atoms with Crippen molar-refractivity contribution < 1.29 is 63.2 Å². The number of carbonyl (C=O) groups is 2. The topological polar surface area (TPSA) is 180 Å². The summed E-state index contributed by atoms with van der Waals surface area (Å²) >= 11 is 0. The third-order valence-corrected chi connectivity index (χ3v) is 8.11. The average molecular weight is 575 g/mol. The first-order chi connectivity index (χ1) is 19.6. The lowest BCUT2D eigenvalue weighted by Crippen LogP contribution is -2.67. The van der Waals surface area contributed by atoms with Crippen LogP contribution in [0.5, 0.6) is 28.7 Å². The number of aliphatic hydroxyl groups excluding tert-OH is 2. The van der Waals surface area contributed by atoms with E-state index in [0.29, 0.717) is 40.9 Å². The minimum absolute atomic E-state index is 0.0196. The Bertz CT molecular complexity index is 1380. The molecule has 7 atom stereocenters. The normalized spacial score (nSPS) is 30.9. The molecular weight excluding hydrogens is 544 g/mol. The SMILES string of the molecule is COc1ccc2c(c1OC)O[C@H]1c3cc4c(cc3OC[C@@H]21)O[C@@H]1O[C@H](COC(=O)CC(=O)O)[C@@H](O)[C@H](O)[C@]1(O)CC4. The van der Waals surface area contributed by atoms with Gasteiger partial charge in [0.25, 0.3) is 0 Å². The molecule has 4 aliphatic rings. The van der Waals surface area contributed by atoms with E-state index in [1.165, 1.54) is 0 Å². The van der Waals surface area contributed by atoms with Gasteiger partial charge in [0.1, 0.15) is 48.9 Å². The van der Waals surface area contributed by atoms with E-state index in [1.807, 2.05) is 18.2 Å². The summed E-state index contributed by atoms with van der Waals surface area (Å²) in [6.07, 6.45) is -7.04. The van der Waals surface area contributed by atoms with Crippen molar-refractivity contribution in [3.8, 4) is 28.7 Å². The van der Waals surface area contributed by atoms with Crippen LogP contribution in [-0.2, 0) is 25.5 Å². The minimum Gasteiger partial charge on any atom is -0.493 e. The second kappa shape index (κ2) is 10.2. The molecule has 1 fully saturated rings. The van der Waals surface area contributed by atoms with Gasteiger partial charge >= 0.3 is 11.9 Å². The Hall–Kier alpha value is -3.78. The Balaban J connectivity index is 1.26. The molecule has 0 spiro atoms. The molecule has 0 aromatic heterocycles. The van der Waals surface area contributed by atoms with Gasteiger partial charge in [-0.1, -0.05) is 6.07 Å². The molecule has 220 valence electrons. The Morgan fingerprint density at radius 1 is 1.07 bits per heavy atom. The Morgan fingerprint density at radius 2 is 1.88 bits per heavy atom. The fourth-order valence-corrected chi connectivity index (χ4v) is 5.94. The summed E-state index contributed by atoms with van der Waals surface area (Å²) in [4.78, 5) is 22.4. The Morgan fingerprint density at radius 3 is 2.61 bits per heavy atom. The summed E-state index contributed by atoms with van der Waals surface area (Å²) < 4.78 is 40.2. The summed E-state index contributed by atoms with van der Waals surface area (Å²) in [6, 6.07) is 7.32. The number of fused-ring (bicyclic) bond motifs is 7. The van der Waals surface area contributed by atoms with Crippen molar-refractivity contribution in [2.45, 2.75) is 61.5 Å².